The van der Waals surface area contributed by atoms with Gasteiger partial charge in [-0.15, -0.1) is 0 Å². The highest BCUT2D eigenvalue weighted by Crippen LogP contribution is 2.31. The van der Waals surface area contributed by atoms with Crippen LogP contribution < -0.4 is 0 Å². The van der Waals surface area contributed by atoms with Crippen molar-refractivity contribution in [2.45, 2.75) is 38.5 Å². The Hall–Kier alpha value is -2.81. The van der Waals surface area contributed by atoms with E-state index in [0.717, 1.165) is 5.69 Å². The standard InChI is InChI=1S/C21H21F2N3O/c1-14(2)17-7-4-8-18(25-17)16-6-3-5-15(13-24)19(16)20(27)26-11-9-21(22,23)10-12-26/h3-8,14H,9-12H2,1-2H3. The lowest BCUT2D eigenvalue weighted by Crippen LogP contribution is -2.43. The van der Waals surface area contributed by atoms with Crippen LogP contribution in [0.5, 0.6) is 0 Å². The van der Waals surface area contributed by atoms with Crippen LogP contribution in [0.25, 0.3) is 11.3 Å². The average molecular weight is 369 g/mol. The molecule has 140 valence electrons. The molecule has 1 amide bonds. The summed E-state index contributed by atoms with van der Waals surface area (Å²) in [4.78, 5) is 19.1. The molecular formula is C21H21F2N3O. The van der Waals surface area contributed by atoms with Gasteiger partial charge in [0.1, 0.15) is 0 Å². The molecule has 0 N–H and O–H groups in total. The summed E-state index contributed by atoms with van der Waals surface area (Å²) < 4.78 is 26.9. The fraction of sp³-hybridized carbons (Fsp3) is 0.381. The second kappa shape index (κ2) is 7.43. The highest BCUT2D eigenvalue weighted by atomic mass is 19.3. The van der Waals surface area contributed by atoms with Crippen LogP contribution in [0.4, 0.5) is 8.78 Å². The van der Waals surface area contributed by atoms with Gasteiger partial charge in [-0.2, -0.15) is 5.26 Å². The summed E-state index contributed by atoms with van der Waals surface area (Å²) in [5, 5.41) is 9.50. The van der Waals surface area contributed by atoms with Crippen molar-refractivity contribution in [2.24, 2.45) is 0 Å². The minimum absolute atomic E-state index is 0.0233. The molecule has 0 spiro atoms. The van der Waals surface area contributed by atoms with Gasteiger partial charge in [-0.25, -0.2) is 8.78 Å². The molecule has 27 heavy (non-hydrogen) atoms. The summed E-state index contributed by atoms with van der Waals surface area (Å²) in [6, 6.07) is 12.7. The second-order valence-corrected chi connectivity index (χ2v) is 7.09. The van der Waals surface area contributed by atoms with E-state index in [-0.39, 0.29) is 43.0 Å². The molecule has 2 heterocycles. The highest BCUT2D eigenvalue weighted by Gasteiger charge is 2.36. The summed E-state index contributed by atoms with van der Waals surface area (Å²) in [6.07, 6.45) is -0.715. The first-order chi connectivity index (χ1) is 12.8. The molecule has 4 nitrogen and oxygen atoms in total. The first-order valence-corrected chi connectivity index (χ1v) is 9.00. The third-order valence-corrected chi connectivity index (χ3v) is 4.82. The lowest BCUT2D eigenvalue weighted by atomic mass is 9.96. The monoisotopic (exact) mass is 369 g/mol. The van der Waals surface area contributed by atoms with E-state index < -0.39 is 11.8 Å². The van der Waals surface area contributed by atoms with Crippen LogP contribution in [0.15, 0.2) is 36.4 Å². The van der Waals surface area contributed by atoms with Gasteiger partial charge in [0.05, 0.1) is 22.9 Å². The van der Waals surface area contributed by atoms with E-state index in [9.17, 15) is 18.8 Å². The number of aromatic nitrogens is 1. The summed E-state index contributed by atoms with van der Waals surface area (Å²) in [6.45, 7) is 4.00. The molecule has 0 radical (unpaired) electrons. The van der Waals surface area contributed by atoms with E-state index in [2.05, 4.69) is 11.1 Å². The quantitative estimate of drug-likeness (QED) is 0.793. The Labute approximate surface area is 157 Å². The minimum Gasteiger partial charge on any atom is -0.338 e. The molecule has 0 saturated carbocycles. The minimum atomic E-state index is -2.73. The normalized spacial score (nSPS) is 16.2. The maximum absolute atomic E-state index is 13.5. The molecule has 0 aliphatic carbocycles. The zero-order valence-corrected chi connectivity index (χ0v) is 15.4. The van der Waals surface area contributed by atoms with Crippen LogP contribution in [0, 0.1) is 11.3 Å². The molecule has 0 bridgehead atoms. The molecule has 1 fully saturated rings. The third kappa shape index (κ3) is 3.97. The molecule has 3 rings (SSSR count). The summed E-state index contributed by atoms with van der Waals surface area (Å²) in [7, 11) is 0. The Morgan fingerprint density at radius 1 is 1.19 bits per heavy atom. The lowest BCUT2D eigenvalue weighted by Gasteiger charge is -2.32. The first-order valence-electron chi connectivity index (χ1n) is 9.00. The van der Waals surface area contributed by atoms with Gasteiger partial charge >= 0.3 is 0 Å². The Balaban J connectivity index is 2.04. The molecule has 0 unspecified atom stereocenters. The lowest BCUT2D eigenvalue weighted by molar-refractivity contribution is -0.0494. The van der Waals surface area contributed by atoms with E-state index in [1.54, 1.807) is 24.3 Å². The fourth-order valence-electron chi connectivity index (χ4n) is 3.21. The maximum atomic E-state index is 13.5. The number of piperidine rings is 1. The van der Waals surface area contributed by atoms with Gasteiger partial charge in [-0.05, 0) is 24.1 Å². The number of rotatable bonds is 3. The Kier molecular flexibility index (Phi) is 5.22. The van der Waals surface area contributed by atoms with Crippen molar-refractivity contribution in [2.75, 3.05) is 13.1 Å². The number of nitrogens with zero attached hydrogens (tertiary/aromatic N) is 3. The number of hydrogen-bond acceptors (Lipinski definition) is 3. The van der Waals surface area contributed by atoms with Crippen molar-refractivity contribution in [3.8, 4) is 17.3 Å². The van der Waals surface area contributed by atoms with Gasteiger partial charge in [0.15, 0.2) is 0 Å². The number of hydrogen-bond donors (Lipinski definition) is 0. The van der Waals surface area contributed by atoms with Crippen LogP contribution >= 0.6 is 0 Å². The molecular weight excluding hydrogens is 348 g/mol. The molecule has 1 aromatic heterocycles. The topological polar surface area (TPSA) is 57.0 Å². The highest BCUT2D eigenvalue weighted by molar-refractivity contribution is 6.02. The molecule has 2 aromatic rings. The molecule has 1 aliphatic rings. The van der Waals surface area contributed by atoms with E-state index in [1.807, 2.05) is 26.0 Å². The smallest absolute Gasteiger partial charge is 0.255 e. The average Bonchev–Trinajstić information content (AvgIpc) is 2.67. The summed E-state index contributed by atoms with van der Waals surface area (Å²) >= 11 is 0. The predicted molar refractivity (Wildman–Crippen MR) is 98.6 cm³/mol. The molecule has 6 heteroatoms. The van der Waals surface area contributed by atoms with Gasteiger partial charge in [-0.3, -0.25) is 9.78 Å². The van der Waals surface area contributed by atoms with Crippen molar-refractivity contribution < 1.29 is 13.6 Å². The van der Waals surface area contributed by atoms with Crippen LogP contribution in [-0.4, -0.2) is 34.8 Å². The van der Waals surface area contributed by atoms with Gasteiger partial charge in [0, 0.05) is 37.2 Å². The third-order valence-electron chi connectivity index (χ3n) is 4.82. The number of carbonyl (C=O) groups excluding carboxylic acids is 1. The maximum Gasteiger partial charge on any atom is 0.255 e. The predicted octanol–water partition coefficient (Wildman–Crippen LogP) is 4.61. The molecule has 1 aromatic carbocycles. The second-order valence-electron chi connectivity index (χ2n) is 7.09. The van der Waals surface area contributed by atoms with Crippen LogP contribution in [0.2, 0.25) is 0 Å². The summed E-state index contributed by atoms with van der Waals surface area (Å²) in [5.74, 6) is -2.91. The van der Waals surface area contributed by atoms with Gasteiger partial charge < -0.3 is 4.90 Å². The van der Waals surface area contributed by atoms with Crippen molar-refractivity contribution in [1.29, 1.82) is 5.26 Å². The Bertz CT molecular complexity index is 893. The largest absolute Gasteiger partial charge is 0.338 e. The van der Waals surface area contributed by atoms with E-state index in [0.29, 0.717) is 11.3 Å². The first kappa shape index (κ1) is 19.0. The number of alkyl halides is 2. The molecule has 0 atom stereocenters. The van der Waals surface area contributed by atoms with Crippen molar-refractivity contribution in [3.63, 3.8) is 0 Å². The SMILES string of the molecule is CC(C)c1cccc(-c2cccc(C#N)c2C(=O)N2CCC(F)(F)CC2)n1. The van der Waals surface area contributed by atoms with E-state index >= 15 is 0 Å². The zero-order chi connectivity index (χ0) is 19.6. The number of likely N-dealkylation sites (tertiary alicyclic amines) is 1. The van der Waals surface area contributed by atoms with Gasteiger partial charge in [0.25, 0.3) is 11.8 Å². The number of halogens is 2. The van der Waals surface area contributed by atoms with E-state index in [4.69, 9.17) is 0 Å². The van der Waals surface area contributed by atoms with Gasteiger partial charge in [-0.1, -0.05) is 32.0 Å². The zero-order valence-electron chi connectivity index (χ0n) is 15.4. The van der Waals surface area contributed by atoms with Crippen LogP contribution in [0.3, 0.4) is 0 Å². The summed E-state index contributed by atoms with van der Waals surface area (Å²) in [5.41, 5.74) is 2.50. The van der Waals surface area contributed by atoms with E-state index in [1.165, 1.54) is 4.90 Å². The van der Waals surface area contributed by atoms with Crippen molar-refractivity contribution in [1.82, 2.24) is 9.88 Å². The van der Waals surface area contributed by atoms with Crippen molar-refractivity contribution >= 4 is 5.91 Å². The number of carbonyl (C=O) groups is 1. The Morgan fingerprint density at radius 3 is 2.48 bits per heavy atom. The molecule has 1 aliphatic heterocycles. The number of benzene rings is 1. The van der Waals surface area contributed by atoms with Gasteiger partial charge in [0.2, 0.25) is 0 Å². The Morgan fingerprint density at radius 2 is 1.85 bits per heavy atom. The molecule has 1 saturated heterocycles. The van der Waals surface area contributed by atoms with Crippen LogP contribution in [0.1, 0.15) is 54.2 Å². The fourth-order valence-corrected chi connectivity index (χ4v) is 3.21. The number of pyridine rings is 1. The van der Waals surface area contributed by atoms with Crippen molar-refractivity contribution in [3.05, 3.63) is 53.2 Å². The number of nitriles is 1. The number of amides is 1. The van der Waals surface area contributed by atoms with Crippen LogP contribution in [-0.2, 0) is 0 Å².